The van der Waals surface area contributed by atoms with Gasteiger partial charge in [-0.2, -0.15) is 0 Å². The summed E-state index contributed by atoms with van der Waals surface area (Å²) in [6, 6.07) is 10.2. The van der Waals surface area contributed by atoms with Gasteiger partial charge in [-0.05, 0) is 25.0 Å². The van der Waals surface area contributed by atoms with Gasteiger partial charge in [-0.3, -0.25) is 0 Å². The van der Waals surface area contributed by atoms with E-state index in [1.54, 1.807) is 6.20 Å². The van der Waals surface area contributed by atoms with Gasteiger partial charge in [0, 0.05) is 11.8 Å². The van der Waals surface area contributed by atoms with Crippen molar-refractivity contribution in [3.05, 3.63) is 66.5 Å². The molecule has 1 heterocycles. The molecule has 0 atom stereocenters. The Morgan fingerprint density at radius 2 is 1.95 bits per heavy atom. The van der Waals surface area contributed by atoms with E-state index in [9.17, 15) is 0 Å². The van der Waals surface area contributed by atoms with Crippen molar-refractivity contribution in [2.24, 2.45) is 0 Å². The van der Waals surface area contributed by atoms with Crippen molar-refractivity contribution in [1.29, 1.82) is 0 Å². The third-order valence-electron chi connectivity index (χ3n) is 2.91. The Bertz CT molecular complexity index is 595. The van der Waals surface area contributed by atoms with Crippen LogP contribution in [0.25, 0.3) is 17.0 Å². The van der Waals surface area contributed by atoms with Crippen LogP contribution in [0.5, 0.6) is 0 Å². The van der Waals surface area contributed by atoms with Crippen LogP contribution in [0.4, 0.5) is 0 Å². The summed E-state index contributed by atoms with van der Waals surface area (Å²) < 4.78 is 0. The van der Waals surface area contributed by atoms with Gasteiger partial charge in [-0.1, -0.05) is 55.5 Å². The fourth-order valence-corrected chi connectivity index (χ4v) is 1.87. The molecular weight excluding hydrogens is 232 g/mol. The van der Waals surface area contributed by atoms with Crippen LogP contribution >= 0.6 is 0 Å². The van der Waals surface area contributed by atoms with E-state index in [-0.39, 0.29) is 0 Å². The number of aromatic nitrogens is 2. The second-order valence-electron chi connectivity index (χ2n) is 4.40. The van der Waals surface area contributed by atoms with E-state index < -0.39 is 0 Å². The number of benzene rings is 1. The van der Waals surface area contributed by atoms with Gasteiger partial charge in [0.1, 0.15) is 0 Å². The highest BCUT2D eigenvalue weighted by Gasteiger charge is 2.04. The van der Waals surface area contributed by atoms with Crippen LogP contribution < -0.4 is 0 Å². The van der Waals surface area contributed by atoms with E-state index in [0.29, 0.717) is 0 Å². The average Bonchev–Trinajstić information content (AvgIpc) is 2.45. The maximum atomic E-state index is 4.61. The molecule has 0 spiro atoms. The monoisotopic (exact) mass is 250 g/mol. The van der Waals surface area contributed by atoms with Crippen LogP contribution in [0, 0.1) is 6.92 Å². The minimum absolute atomic E-state index is 0.751. The minimum atomic E-state index is 0.751. The molecular formula is C17H18N2. The van der Waals surface area contributed by atoms with Crippen LogP contribution in [0.2, 0.25) is 0 Å². The Labute approximate surface area is 114 Å². The summed E-state index contributed by atoms with van der Waals surface area (Å²) in [7, 11) is 0. The minimum Gasteiger partial charge on any atom is -0.237 e. The Morgan fingerprint density at radius 1 is 1.21 bits per heavy atom. The van der Waals surface area contributed by atoms with Crippen molar-refractivity contribution in [3.63, 3.8) is 0 Å². The highest BCUT2D eigenvalue weighted by Crippen LogP contribution is 2.19. The molecule has 2 nitrogen and oxygen atoms in total. The number of allylic oxidation sites excluding steroid dienone is 3. The molecule has 2 rings (SSSR count). The molecule has 19 heavy (non-hydrogen) atoms. The molecule has 0 aliphatic carbocycles. The second kappa shape index (κ2) is 6.10. The number of nitrogens with zero attached hydrogens (tertiary/aromatic N) is 2. The van der Waals surface area contributed by atoms with Gasteiger partial charge < -0.3 is 0 Å². The number of rotatable bonds is 4. The van der Waals surface area contributed by atoms with E-state index in [4.69, 9.17) is 0 Å². The van der Waals surface area contributed by atoms with Crippen molar-refractivity contribution in [1.82, 2.24) is 9.97 Å². The van der Waals surface area contributed by atoms with Gasteiger partial charge in [0.25, 0.3) is 0 Å². The maximum absolute atomic E-state index is 4.61. The van der Waals surface area contributed by atoms with E-state index in [2.05, 4.69) is 48.6 Å². The van der Waals surface area contributed by atoms with Gasteiger partial charge in [0.05, 0.1) is 5.69 Å². The fraction of sp³-hybridized carbons (Fsp3) is 0.176. The van der Waals surface area contributed by atoms with Crippen molar-refractivity contribution < 1.29 is 0 Å². The normalized spacial score (nSPS) is 11.4. The first-order valence-electron chi connectivity index (χ1n) is 6.47. The fourth-order valence-electron chi connectivity index (χ4n) is 1.87. The molecule has 0 amide bonds. The van der Waals surface area contributed by atoms with Gasteiger partial charge in [-0.25, -0.2) is 9.97 Å². The third kappa shape index (κ3) is 3.16. The highest BCUT2D eigenvalue weighted by atomic mass is 14.9. The summed E-state index contributed by atoms with van der Waals surface area (Å²) in [4.78, 5) is 8.96. The molecule has 0 saturated heterocycles. The summed E-state index contributed by atoms with van der Waals surface area (Å²) >= 11 is 0. The lowest BCUT2D eigenvalue weighted by Crippen LogP contribution is -1.93. The lowest BCUT2D eigenvalue weighted by atomic mass is 10.1. The first-order chi connectivity index (χ1) is 9.24. The standard InChI is InChI=1S/C17H18N2/c1-4-6-14(5-2)16-11-12-18-17(19-16)15-9-7-13(3)8-10-15/h5-12H,2,4H2,1,3H3/b14-6+. The zero-order chi connectivity index (χ0) is 13.7. The molecule has 1 aromatic carbocycles. The van der Waals surface area contributed by atoms with Gasteiger partial charge in [0.2, 0.25) is 0 Å². The second-order valence-corrected chi connectivity index (χ2v) is 4.40. The molecule has 0 aliphatic rings. The highest BCUT2D eigenvalue weighted by molar-refractivity contribution is 5.72. The lowest BCUT2D eigenvalue weighted by molar-refractivity contribution is 1.14. The quantitative estimate of drug-likeness (QED) is 0.750. The smallest absolute Gasteiger partial charge is 0.159 e. The molecule has 0 radical (unpaired) electrons. The van der Waals surface area contributed by atoms with Crippen LogP contribution in [-0.2, 0) is 0 Å². The molecule has 96 valence electrons. The SMILES string of the molecule is C=C/C(=C\CC)c1ccnc(-c2ccc(C)cc2)n1. The zero-order valence-corrected chi connectivity index (χ0v) is 11.4. The Kier molecular flexibility index (Phi) is 4.24. The zero-order valence-electron chi connectivity index (χ0n) is 11.4. The summed E-state index contributed by atoms with van der Waals surface area (Å²) in [5.41, 5.74) is 4.24. The van der Waals surface area contributed by atoms with Crippen molar-refractivity contribution >= 4 is 5.57 Å². The number of aryl methyl sites for hydroxylation is 1. The van der Waals surface area contributed by atoms with E-state index >= 15 is 0 Å². The first kappa shape index (κ1) is 13.2. The molecule has 0 saturated carbocycles. The Hall–Kier alpha value is -2.22. The van der Waals surface area contributed by atoms with Crippen LogP contribution in [0.1, 0.15) is 24.6 Å². The van der Waals surface area contributed by atoms with E-state index in [0.717, 1.165) is 29.1 Å². The predicted octanol–water partition coefficient (Wildman–Crippen LogP) is 4.43. The summed E-state index contributed by atoms with van der Waals surface area (Å²) in [6.45, 7) is 8.01. The molecule has 0 bridgehead atoms. The molecule has 0 fully saturated rings. The topological polar surface area (TPSA) is 25.8 Å². The molecule has 0 unspecified atom stereocenters. The van der Waals surface area contributed by atoms with Crippen molar-refractivity contribution in [3.8, 4) is 11.4 Å². The number of hydrogen-bond acceptors (Lipinski definition) is 2. The summed E-state index contributed by atoms with van der Waals surface area (Å²) in [6.07, 6.45) is 6.72. The van der Waals surface area contributed by atoms with Gasteiger partial charge in [0.15, 0.2) is 5.82 Å². The maximum Gasteiger partial charge on any atom is 0.159 e. The van der Waals surface area contributed by atoms with Gasteiger partial charge in [-0.15, -0.1) is 0 Å². The molecule has 2 aromatic rings. The summed E-state index contributed by atoms with van der Waals surface area (Å²) in [5.74, 6) is 0.751. The molecule has 1 aromatic heterocycles. The van der Waals surface area contributed by atoms with Crippen molar-refractivity contribution in [2.45, 2.75) is 20.3 Å². The van der Waals surface area contributed by atoms with Crippen molar-refractivity contribution in [2.75, 3.05) is 0 Å². The molecule has 0 aliphatic heterocycles. The average molecular weight is 250 g/mol. The predicted molar refractivity (Wildman–Crippen MR) is 80.7 cm³/mol. The molecule has 2 heteroatoms. The third-order valence-corrected chi connectivity index (χ3v) is 2.91. The largest absolute Gasteiger partial charge is 0.237 e. The Morgan fingerprint density at radius 3 is 2.58 bits per heavy atom. The van der Waals surface area contributed by atoms with Crippen LogP contribution in [-0.4, -0.2) is 9.97 Å². The van der Waals surface area contributed by atoms with E-state index in [1.807, 2.05) is 24.3 Å². The van der Waals surface area contributed by atoms with E-state index in [1.165, 1.54) is 5.56 Å². The first-order valence-corrected chi connectivity index (χ1v) is 6.47. The van der Waals surface area contributed by atoms with Gasteiger partial charge >= 0.3 is 0 Å². The Balaban J connectivity index is 2.41. The lowest BCUT2D eigenvalue weighted by Gasteiger charge is -2.05. The van der Waals surface area contributed by atoms with Crippen LogP contribution in [0.15, 0.2) is 55.3 Å². The number of hydrogen-bond donors (Lipinski definition) is 0. The van der Waals surface area contributed by atoms with Crippen LogP contribution in [0.3, 0.4) is 0 Å². The summed E-state index contributed by atoms with van der Waals surface area (Å²) in [5, 5.41) is 0. The molecule has 0 N–H and O–H groups in total.